The molecule has 0 heterocycles. The van der Waals surface area contributed by atoms with E-state index in [2.05, 4.69) is 33.0 Å². The minimum absolute atomic E-state index is 0.395. The highest BCUT2D eigenvalue weighted by Gasteiger charge is 2.02. The topological polar surface area (TPSA) is 21.3 Å². The molecule has 2 heteroatoms. The average Bonchev–Trinajstić information content (AvgIpc) is 2.01. The van der Waals surface area contributed by atoms with Crippen LogP contribution in [0.15, 0.2) is 0 Å². The van der Waals surface area contributed by atoms with Crippen LogP contribution in [0.2, 0.25) is 0 Å². The Bertz CT molecular complexity index is 93.8. The second-order valence-corrected chi connectivity index (χ2v) is 3.68. The molecule has 74 valence electrons. The third kappa shape index (κ3) is 8.02. The van der Waals surface area contributed by atoms with Gasteiger partial charge >= 0.3 is 0 Å². The maximum atomic E-state index is 5.61. The van der Waals surface area contributed by atoms with Crippen LogP contribution in [-0.4, -0.2) is 25.8 Å². The summed E-state index contributed by atoms with van der Waals surface area (Å²) in [5.74, 6) is 0.645. The van der Waals surface area contributed by atoms with Gasteiger partial charge in [-0.15, -0.1) is 0 Å². The monoisotopic (exact) mass is 173 g/mol. The fourth-order valence-electron chi connectivity index (χ4n) is 0.922. The van der Waals surface area contributed by atoms with E-state index in [4.69, 9.17) is 4.74 Å². The average molecular weight is 173 g/mol. The van der Waals surface area contributed by atoms with Gasteiger partial charge in [0.05, 0.1) is 6.10 Å². The largest absolute Gasteiger partial charge is 0.378 e. The molecule has 0 bridgehead atoms. The Kier molecular flexibility index (Phi) is 7.51. The van der Waals surface area contributed by atoms with E-state index < -0.39 is 0 Å². The van der Waals surface area contributed by atoms with E-state index >= 15 is 0 Å². The fourth-order valence-corrected chi connectivity index (χ4v) is 0.922. The Morgan fingerprint density at radius 1 is 1.25 bits per heavy atom. The molecule has 0 aromatic heterocycles. The minimum atomic E-state index is 0.395. The zero-order valence-electron chi connectivity index (χ0n) is 8.89. The van der Waals surface area contributed by atoms with E-state index in [1.54, 1.807) is 0 Å². The third-order valence-electron chi connectivity index (χ3n) is 1.69. The van der Waals surface area contributed by atoms with Gasteiger partial charge in [0.25, 0.3) is 0 Å². The molecule has 0 saturated carbocycles. The van der Waals surface area contributed by atoms with E-state index in [9.17, 15) is 0 Å². The van der Waals surface area contributed by atoms with Gasteiger partial charge in [-0.05, 0) is 32.4 Å². The highest BCUT2D eigenvalue weighted by atomic mass is 16.5. The summed E-state index contributed by atoms with van der Waals surface area (Å²) < 4.78 is 5.61. The fraction of sp³-hybridized carbons (Fsp3) is 1.00. The van der Waals surface area contributed by atoms with Crippen molar-refractivity contribution in [2.75, 3.05) is 19.7 Å². The lowest BCUT2D eigenvalue weighted by Crippen LogP contribution is -2.21. The number of hydrogen-bond acceptors (Lipinski definition) is 2. The number of ether oxygens (including phenoxy) is 1. The van der Waals surface area contributed by atoms with Crippen LogP contribution < -0.4 is 5.32 Å². The molecule has 12 heavy (non-hydrogen) atoms. The van der Waals surface area contributed by atoms with E-state index in [1.165, 1.54) is 0 Å². The van der Waals surface area contributed by atoms with Crippen molar-refractivity contribution in [2.45, 2.75) is 40.2 Å². The van der Waals surface area contributed by atoms with Gasteiger partial charge in [0.1, 0.15) is 0 Å². The van der Waals surface area contributed by atoms with Crippen molar-refractivity contribution in [2.24, 2.45) is 5.92 Å². The molecule has 0 radical (unpaired) electrons. The first kappa shape index (κ1) is 11.9. The Morgan fingerprint density at radius 3 is 2.42 bits per heavy atom. The van der Waals surface area contributed by atoms with Gasteiger partial charge in [-0.2, -0.15) is 0 Å². The van der Waals surface area contributed by atoms with Crippen LogP contribution >= 0.6 is 0 Å². The first-order valence-electron chi connectivity index (χ1n) is 4.99. The molecular formula is C10H23NO. The minimum Gasteiger partial charge on any atom is -0.378 e. The summed E-state index contributed by atoms with van der Waals surface area (Å²) in [6.07, 6.45) is 1.51. The lowest BCUT2D eigenvalue weighted by Gasteiger charge is -2.14. The molecule has 0 aromatic carbocycles. The van der Waals surface area contributed by atoms with Crippen molar-refractivity contribution < 1.29 is 4.74 Å². The molecule has 2 nitrogen and oxygen atoms in total. The Morgan fingerprint density at radius 2 is 1.92 bits per heavy atom. The van der Waals surface area contributed by atoms with Crippen LogP contribution in [0.1, 0.15) is 34.1 Å². The molecule has 0 aromatic rings. The molecule has 0 aliphatic heterocycles. The van der Waals surface area contributed by atoms with Crippen LogP contribution in [0.4, 0.5) is 0 Å². The van der Waals surface area contributed by atoms with Crippen LogP contribution in [0.5, 0.6) is 0 Å². The molecule has 0 rings (SSSR count). The second-order valence-electron chi connectivity index (χ2n) is 3.68. The van der Waals surface area contributed by atoms with Gasteiger partial charge in [-0.3, -0.25) is 0 Å². The lowest BCUT2D eigenvalue weighted by molar-refractivity contribution is 0.0428. The van der Waals surface area contributed by atoms with Crippen molar-refractivity contribution in [3.63, 3.8) is 0 Å². The summed E-state index contributed by atoms with van der Waals surface area (Å²) in [6, 6.07) is 0. The number of rotatable bonds is 7. The Hall–Kier alpha value is -0.0800. The molecule has 1 N–H and O–H groups in total. The molecule has 0 fully saturated rings. The van der Waals surface area contributed by atoms with Gasteiger partial charge in [0.2, 0.25) is 0 Å². The Labute approximate surface area is 76.7 Å². The van der Waals surface area contributed by atoms with Gasteiger partial charge < -0.3 is 10.1 Å². The van der Waals surface area contributed by atoms with Gasteiger partial charge in [0, 0.05) is 6.61 Å². The molecule has 1 atom stereocenters. The normalized spacial score (nSPS) is 13.8. The summed E-state index contributed by atoms with van der Waals surface area (Å²) in [5.41, 5.74) is 0. The maximum Gasteiger partial charge on any atom is 0.0559 e. The summed E-state index contributed by atoms with van der Waals surface area (Å²) in [6.45, 7) is 11.6. The van der Waals surface area contributed by atoms with Crippen LogP contribution in [0, 0.1) is 5.92 Å². The van der Waals surface area contributed by atoms with Crippen molar-refractivity contribution in [3.05, 3.63) is 0 Å². The highest BCUT2D eigenvalue weighted by Crippen LogP contribution is 2.00. The zero-order valence-corrected chi connectivity index (χ0v) is 8.89. The summed E-state index contributed by atoms with van der Waals surface area (Å²) in [5, 5.41) is 3.29. The van der Waals surface area contributed by atoms with Crippen molar-refractivity contribution in [1.82, 2.24) is 5.32 Å². The van der Waals surface area contributed by atoms with Gasteiger partial charge in [-0.1, -0.05) is 20.8 Å². The lowest BCUT2D eigenvalue weighted by atomic mass is 10.2. The van der Waals surface area contributed by atoms with Crippen molar-refractivity contribution >= 4 is 0 Å². The summed E-state index contributed by atoms with van der Waals surface area (Å²) >= 11 is 0. The number of hydrogen-bond donors (Lipinski definition) is 1. The predicted octanol–water partition coefficient (Wildman–Crippen LogP) is 2.05. The zero-order chi connectivity index (χ0) is 9.40. The first-order valence-corrected chi connectivity index (χ1v) is 4.99. The predicted molar refractivity (Wildman–Crippen MR) is 53.4 cm³/mol. The Balaban J connectivity index is 3.15. The maximum absolute atomic E-state index is 5.61. The number of nitrogens with one attached hydrogen (secondary N) is 1. The van der Waals surface area contributed by atoms with E-state index in [-0.39, 0.29) is 0 Å². The van der Waals surface area contributed by atoms with E-state index in [0.717, 1.165) is 26.1 Å². The molecular weight excluding hydrogens is 150 g/mol. The first-order chi connectivity index (χ1) is 5.66. The van der Waals surface area contributed by atoms with Crippen LogP contribution in [0.3, 0.4) is 0 Å². The van der Waals surface area contributed by atoms with E-state index in [1.807, 2.05) is 0 Å². The summed E-state index contributed by atoms with van der Waals surface area (Å²) in [7, 11) is 0. The van der Waals surface area contributed by atoms with Gasteiger partial charge in [0.15, 0.2) is 0 Å². The van der Waals surface area contributed by atoms with Crippen LogP contribution in [0.25, 0.3) is 0 Å². The van der Waals surface area contributed by atoms with Crippen LogP contribution in [-0.2, 0) is 4.74 Å². The van der Waals surface area contributed by atoms with E-state index in [0.29, 0.717) is 12.0 Å². The van der Waals surface area contributed by atoms with Crippen molar-refractivity contribution in [1.29, 1.82) is 0 Å². The molecule has 0 aliphatic carbocycles. The molecule has 0 amide bonds. The molecule has 0 spiro atoms. The third-order valence-corrected chi connectivity index (χ3v) is 1.69. The van der Waals surface area contributed by atoms with Crippen molar-refractivity contribution in [3.8, 4) is 0 Å². The quantitative estimate of drug-likeness (QED) is 0.595. The highest BCUT2D eigenvalue weighted by molar-refractivity contribution is 4.54. The standard InChI is InChI=1S/C10H23NO/c1-5-11-7-6-10(4)12-8-9(2)3/h9-11H,5-8H2,1-4H3. The second kappa shape index (κ2) is 7.56. The van der Waals surface area contributed by atoms with Gasteiger partial charge in [-0.25, -0.2) is 0 Å². The molecule has 0 aliphatic rings. The smallest absolute Gasteiger partial charge is 0.0559 e. The molecule has 0 saturated heterocycles. The summed E-state index contributed by atoms with van der Waals surface area (Å²) in [4.78, 5) is 0. The molecule has 1 unspecified atom stereocenters. The SMILES string of the molecule is CCNCCC(C)OCC(C)C.